The highest BCUT2D eigenvalue weighted by molar-refractivity contribution is 5.78. The fourth-order valence-corrected chi connectivity index (χ4v) is 0.917. The number of nitrogens with zero attached hydrogens (tertiary/aromatic N) is 1. The molecule has 72 valence electrons. The highest BCUT2D eigenvalue weighted by atomic mass is 16.2. The van der Waals surface area contributed by atoms with Crippen molar-refractivity contribution in [1.82, 2.24) is 10.2 Å². The molecule has 13 heavy (non-hydrogen) atoms. The van der Waals surface area contributed by atoms with Crippen LogP contribution >= 0.6 is 0 Å². The lowest BCUT2D eigenvalue weighted by atomic mass is 10.4. The quantitative estimate of drug-likeness (QED) is 0.361. The molecule has 0 aliphatic carbocycles. The van der Waals surface area contributed by atoms with Gasteiger partial charge in [0, 0.05) is 13.1 Å². The fraction of sp³-hybridized carbons (Fsp3) is 0.500. The molecular weight excluding hydrogens is 164 g/mol. The molecule has 0 atom stereocenters. The predicted molar refractivity (Wildman–Crippen MR) is 54.2 cm³/mol. The zero-order valence-electron chi connectivity index (χ0n) is 8.05. The lowest BCUT2D eigenvalue weighted by Gasteiger charge is -2.18. The Morgan fingerprint density at radius 3 is 2.92 bits per heavy atom. The molecule has 0 bridgehead atoms. The first kappa shape index (κ1) is 11.7. The Balaban J connectivity index is 3.78. The van der Waals surface area contributed by atoms with Crippen molar-refractivity contribution in [3.05, 3.63) is 12.7 Å². The summed E-state index contributed by atoms with van der Waals surface area (Å²) in [5.74, 6) is 2.46. The van der Waals surface area contributed by atoms with Crippen LogP contribution in [0, 0.1) is 12.3 Å². The van der Waals surface area contributed by atoms with Crippen LogP contribution in [0.3, 0.4) is 0 Å². The number of hydrogen-bond acceptors (Lipinski definition) is 2. The number of nitrogens with one attached hydrogen (secondary N) is 1. The lowest BCUT2D eigenvalue weighted by Crippen LogP contribution is -2.38. The van der Waals surface area contributed by atoms with Crippen LogP contribution in [0.4, 0.5) is 0 Å². The number of amides is 1. The zero-order chi connectivity index (χ0) is 10.1. The van der Waals surface area contributed by atoms with Gasteiger partial charge in [-0.3, -0.25) is 10.1 Å². The third-order valence-corrected chi connectivity index (χ3v) is 1.59. The molecule has 3 heteroatoms. The highest BCUT2D eigenvalue weighted by Crippen LogP contribution is 1.88. The lowest BCUT2D eigenvalue weighted by molar-refractivity contribution is -0.129. The van der Waals surface area contributed by atoms with Crippen molar-refractivity contribution in [3.63, 3.8) is 0 Å². The zero-order valence-corrected chi connectivity index (χ0v) is 8.05. The average molecular weight is 180 g/mol. The van der Waals surface area contributed by atoms with Gasteiger partial charge in [-0.05, 0) is 6.92 Å². The third kappa shape index (κ3) is 5.05. The van der Waals surface area contributed by atoms with Crippen LogP contribution in [0.2, 0.25) is 0 Å². The van der Waals surface area contributed by atoms with Gasteiger partial charge in [-0.1, -0.05) is 12.0 Å². The molecular formula is C10H16N2O. The largest absolute Gasteiger partial charge is 0.338 e. The molecule has 0 saturated heterocycles. The van der Waals surface area contributed by atoms with E-state index in [1.54, 1.807) is 11.0 Å². The summed E-state index contributed by atoms with van der Waals surface area (Å²) in [5.41, 5.74) is 0. The normalized spacial score (nSPS) is 8.92. The number of carbonyl (C=O) groups excluding carboxylic acids is 1. The molecule has 0 saturated carbocycles. The third-order valence-electron chi connectivity index (χ3n) is 1.59. The summed E-state index contributed by atoms with van der Waals surface area (Å²) in [5, 5.41) is 2.85. The highest BCUT2D eigenvalue weighted by Gasteiger charge is 2.07. The Bertz CT molecular complexity index is 205. The van der Waals surface area contributed by atoms with E-state index < -0.39 is 0 Å². The standard InChI is InChI=1S/C10H16N2O/c1-4-7-11-9-10(13)12(6-3)8-5-2/h1,5,11H,2,6-9H2,3H3. The maximum Gasteiger partial charge on any atom is 0.236 e. The van der Waals surface area contributed by atoms with Crippen molar-refractivity contribution < 1.29 is 4.79 Å². The second kappa shape index (κ2) is 7.38. The second-order valence-electron chi connectivity index (χ2n) is 2.53. The maximum absolute atomic E-state index is 11.4. The number of rotatable bonds is 6. The first-order valence-corrected chi connectivity index (χ1v) is 4.29. The van der Waals surface area contributed by atoms with E-state index in [2.05, 4.69) is 17.8 Å². The van der Waals surface area contributed by atoms with Gasteiger partial charge in [-0.2, -0.15) is 0 Å². The molecule has 3 nitrogen and oxygen atoms in total. The van der Waals surface area contributed by atoms with Crippen molar-refractivity contribution in [2.75, 3.05) is 26.2 Å². The Morgan fingerprint density at radius 2 is 2.46 bits per heavy atom. The molecule has 0 radical (unpaired) electrons. The minimum atomic E-state index is 0.0534. The summed E-state index contributed by atoms with van der Waals surface area (Å²) >= 11 is 0. The summed E-state index contributed by atoms with van der Waals surface area (Å²) in [6.45, 7) is 7.53. The number of likely N-dealkylation sites (N-methyl/N-ethyl adjacent to an activating group) is 1. The van der Waals surface area contributed by atoms with Gasteiger partial charge in [0.25, 0.3) is 0 Å². The Morgan fingerprint density at radius 1 is 1.77 bits per heavy atom. The van der Waals surface area contributed by atoms with Crippen molar-refractivity contribution in [1.29, 1.82) is 0 Å². The minimum absolute atomic E-state index is 0.0534. The first-order chi connectivity index (χ1) is 6.26. The maximum atomic E-state index is 11.4. The van der Waals surface area contributed by atoms with Crippen LogP contribution in [0.25, 0.3) is 0 Å². The van der Waals surface area contributed by atoms with Crippen LogP contribution in [-0.2, 0) is 4.79 Å². The molecule has 0 aromatic rings. The van der Waals surface area contributed by atoms with E-state index in [1.165, 1.54) is 0 Å². The van der Waals surface area contributed by atoms with Crippen LogP contribution in [0.1, 0.15) is 6.92 Å². The van der Waals surface area contributed by atoms with Gasteiger partial charge < -0.3 is 4.90 Å². The van der Waals surface area contributed by atoms with Crippen LogP contribution < -0.4 is 5.32 Å². The van der Waals surface area contributed by atoms with Crippen molar-refractivity contribution in [3.8, 4) is 12.3 Å². The van der Waals surface area contributed by atoms with Crippen LogP contribution in [-0.4, -0.2) is 37.0 Å². The van der Waals surface area contributed by atoms with Gasteiger partial charge >= 0.3 is 0 Å². The molecule has 0 unspecified atom stereocenters. The summed E-state index contributed by atoms with van der Waals surface area (Å²) in [4.78, 5) is 13.1. The predicted octanol–water partition coefficient (Wildman–Crippen LogP) is 0.244. The Hall–Kier alpha value is -1.27. The molecule has 1 amide bonds. The Labute approximate surface area is 79.8 Å². The van der Waals surface area contributed by atoms with Crippen LogP contribution in [0.5, 0.6) is 0 Å². The summed E-state index contributed by atoms with van der Waals surface area (Å²) in [6.07, 6.45) is 6.74. The van der Waals surface area contributed by atoms with Crippen molar-refractivity contribution in [2.24, 2.45) is 0 Å². The summed E-state index contributed by atoms with van der Waals surface area (Å²) in [6, 6.07) is 0. The van der Waals surface area contributed by atoms with Gasteiger partial charge in [0.15, 0.2) is 0 Å². The van der Waals surface area contributed by atoms with Crippen molar-refractivity contribution >= 4 is 5.91 Å². The average Bonchev–Trinajstić information content (AvgIpc) is 2.14. The molecule has 0 fully saturated rings. The molecule has 0 aliphatic heterocycles. The van der Waals surface area contributed by atoms with E-state index in [0.29, 0.717) is 26.2 Å². The number of terminal acetylenes is 1. The molecule has 0 rings (SSSR count). The van der Waals surface area contributed by atoms with E-state index >= 15 is 0 Å². The molecule has 0 spiro atoms. The molecule has 0 aliphatic rings. The number of carbonyl (C=O) groups is 1. The van der Waals surface area contributed by atoms with Crippen LogP contribution in [0.15, 0.2) is 12.7 Å². The topological polar surface area (TPSA) is 32.3 Å². The van der Waals surface area contributed by atoms with E-state index in [1.807, 2.05) is 6.92 Å². The van der Waals surface area contributed by atoms with E-state index in [-0.39, 0.29) is 5.91 Å². The first-order valence-electron chi connectivity index (χ1n) is 4.29. The summed E-state index contributed by atoms with van der Waals surface area (Å²) < 4.78 is 0. The molecule has 0 aromatic heterocycles. The number of hydrogen-bond donors (Lipinski definition) is 1. The minimum Gasteiger partial charge on any atom is -0.338 e. The van der Waals surface area contributed by atoms with E-state index in [4.69, 9.17) is 6.42 Å². The van der Waals surface area contributed by atoms with Crippen molar-refractivity contribution in [2.45, 2.75) is 6.92 Å². The second-order valence-corrected chi connectivity index (χ2v) is 2.53. The van der Waals surface area contributed by atoms with Gasteiger partial charge in [0.05, 0.1) is 13.1 Å². The summed E-state index contributed by atoms with van der Waals surface area (Å²) in [7, 11) is 0. The molecule has 1 N–H and O–H groups in total. The molecule has 0 aromatic carbocycles. The SMILES string of the molecule is C#CCNCC(=O)N(CC)CC=C. The van der Waals surface area contributed by atoms with Gasteiger partial charge in [-0.15, -0.1) is 13.0 Å². The van der Waals surface area contributed by atoms with Gasteiger partial charge in [-0.25, -0.2) is 0 Å². The monoisotopic (exact) mass is 180 g/mol. The van der Waals surface area contributed by atoms with Gasteiger partial charge in [0.1, 0.15) is 0 Å². The Kier molecular flexibility index (Phi) is 6.66. The fourth-order valence-electron chi connectivity index (χ4n) is 0.917. The smallest absolute Gasteiger partial charge is 0.236 e. The van der Waals surface area contributed by atoms with E-state index in [9.17, 15) is 4.79 Å². The molecule has 0 heterocycles. The van der Waals surface area contributed by atoms with Gasteiger partial charge in [0.2, 0.25) is 5.91 Å². The van der Waals surface area contributed by atoms with E-state index in [0.717, 1.165) is 0 Å².